The van der Waals surface area contributed by atoms with Crippen molar-refractivity contribution in [2.24, 2.45) is 0 Å². The third-order valence-corrected chi connectivity index (χ3v) is 2.65. The van der Waals surface area contributed by atoms with Gasteiger partial charge in [0, 0.05) is 9.92 Å². The molecule has 0 bridgehead atoms. The first-order valence-corrected chi connectivity index (χ1v) is 5.48. The lowest BCUT2D eigenvalue weighted by Crippen LogP contribution is -2.08. The summed E-state index contributed by atoms with van der Waals surface area (Å²) in [7, 11) is 0. The van der Waals surface area contributed by atoms with Crippen LogP contribution >= 0.6 is 24.2 Å². The number of halogens is 1. The molecule has 0 aliphatic heterocycles. The quantitative estimate of drug-likeness (QED) is 0.667. The van der Waals surface area contributed by atoms with Gasteiger partial charge >= 0.3 is 5.97 Å². The van der Waals surface area contributed by atoms with Gasteiger partial charge in [-0.2, -0.15) is 5.26 Å². The minimum atomic E-state index is -0.346. The van der Waals surface area contributed by atoms with E-state index in [1.54, 1.807) is 13.0 Å². The van der Waals surface area contributed by atoms with Crippen LogP contribution in [-0.2, 0) is 16.0 Å². The lowest BCUT2D eigenvalue weighted by molar-refractivity contribution is -0.142. The van der Waals surface area contributed by atoms with Crippen LogP contribution in [0, 0.1) is 11.3 Å². The van der Waals surface area contributed by atoms with E-state index in [4.69, 9.17) is 21.6 Å². The minimum absolute atomic E-state index is 0.0892. The monoisotopic (exact) mass is 255 g/mol. The number of benzene rings is 1. The lowest BCUT2D eigenvalue weighted by Gasteiger charge is -2.06. The Hall–Kier alpha value is -1.18. The van der Waals surface area contributed by atoms with Gasteiger partial charge in [0.2, 0.25) is 0 Å². The van der Waals surface area contributed by atoms with Crippen LogP contribution in [0.15, 0.2) is 17.0 Å². The van der Waals surface area contributed by atoms with Crippen molar-refractivity contribution in [2.75, 3.05) is 6.61 Å². The van der Waals surface area contributed by atoms with E-state index >= 15 is 0 Å². The van der Waals surface area contributed by atoms with Crippen molar-refractivity contribution in [2.45, 2.75) is 18.2 Å². The van der Waals surface area contributed by atoms with E-state index in [2.05, 4.69) is 12.6 Å². The lowest BCUT2D eigenvalue weighted by atomic mass is 10.1. The first-order chi connectivity index (χ1) is 7.58. The zero-order chi connectivity index (χ0) is 12.1. The van der Waals surface area contributed by atoms with Crippen molar-refractivity contribution >= 4 is 30.2 Å². The van der Waals surface area contributed by atoms with Crippen LogP contribution in [0.1, 0.15) is 18.1 Å². The van der Waals surface area contributed by atoms with Crippen LogP contribution in [0.5, 0.6) is 0 Å². The van der Waals surface area contributed by atoms with Crippen molar-refractivity contribution in [1.82, 2.24) is 0 Å². The van der Waals surface area contributed by atoms with Gasteiger partial charge in [-0.3, -0.25) is 4.79 Å². The van der Waals surface area contributed by atoms with Gasteiger partial charge < -0.3 is 4.74 Å². The highest BCUT2D eigenvalue weighted by Crippen LogP contribution is 2.24. The maximum absolute atomic E-state index is 11.3. The van der Waals surface area contributed by atoms with E-state index in [0.717, 1.165) is 0 Å². The first kappa shape index (κ1) is 12.9. The molecule has 0 radical (unpaired) electrons. The average Bonchev–Trinajstić information content (AvgIpc) is 2.23. The van der Waals surface area contributed by atoms with Gasteiger partial charge in [-0.25, -0.2) is 0 Å². The SMILES string of the molecule is CCOC(=O)Cc1cc(S)c(C#N)cc1Cl. The minimum Gasteiger partial charge on any atom is -0.466 e. The average molecular weight is 256 g/mol. The number of nitriles is 1. The summed E-state index contributed by atoms with van der Waals surface area (Å²) in [5, 5.41) is 9.13. The van der Waals surface area contributed by atoms with Crippen molar-refractivity contribution < 1.29 is 9.53 Å². The summed E-state index contributed by atoms with van der Waals surface area (Å²) >= 11 is 10.1. The van der Waals surface area contributed by atoms with E-state index in [0.29, 0.717) is 27.7 Å². The predicted octanol–water partition coefficient (Wildman–Crippen LogP) is 2.61. The van der Waals surface area contributed by atoms with Crippen LogP contribution in [-0.4, -0.2) is 12.6 Å². The number of carbonyl (C=O) groups is 1. The summed E-state index contributed by atoms with van der Waals surface area (Å²) in [6.45, 7) is 2.07. The van der Waals surface area contributed by atoms with Gasteiger partial charge in [-0.05, 0) is 24.6 Å². The Morgan fingerprint density at radius 1 is 1.62 bits per heavy atom. The van der Waals surface area contributed by atoms with Gasteiger partial charge in [0.1, 0.15) is 6.07 Å². The Morgan fingerprint density at radius 3 is 2.88 bits per heavy atom. The summed E-state index contributed by atoms with van der Waals surface area (Å²) in [6, 6.07) is 5.08. The van der Waals surface area contributed by atoms with E-state index < -0.39 is 0 Å². The summed E-state index contributed by atoms with van der Waals surface area (Å²) in [6.07, 6.45) is 0.0892. The maximum Gasteiger partial charge on any atom is 0.310 e. The number of hydrogen-bond acceptors (Lipinski definition) is 4. The third-order valence-electron chi connectivity index (χ3n) is 1.93. The van der Waals surface area contributed by atoms with E-state index in [1.165, 1.54) is 6.07 Å². The van der Waals surface area contributed by atoms with Crippen molar-refractivity contribution in [3.8, 4) is 6.07 Å². The van der Waals surface area contributed by atoms with Gasteiger partial charge in [-0.15, -0.1) is 12.6 Å². The number of nitrogens with zero attached hydrogens (tertiary/aromatic N) is 1. The van der Waals surface area contributed by atoms with Crippen molar-refractivity contribution in [3.05, 3.63) is 28.3 Å². The number of thiol groups is 1. The molecule has 84 valence electrons. The standard InChI is InChI=1S/C11H10ClNO2S/c1-2-15-11(14)5-7-4-10(16)8(6-13)3-9(7)12/h3-4,16H,2,5H2,1H3. The highest BCUT2D eigenvalue weighted by atomic mass is 35.5. The summed E-state index contributed by atoms with van der Waals surface area (Å²) in [4.78, 5) is 11.8. The van der Waals surface area contributed by atoms with Crippen LogP contribution in [0.3, 0.4) is 0 Å². The predicted molar refractivity (Wildman–Crippen MR) is 63.8 cm³/mol. The molecule has 0 aliphatic rings. The van der Waals surface area contributed by atoms with Crippen LogP contribution < -0.4 is 0 Å². The van der Waals surface area contributed by atoms with Gasteiger partial charge in [0.05, 0.1) is 18.6 Å². The summed E-state index contributed by atoms with van der Waals surface area (Å²) in [5.74, 6) is -0.346. The first-order valence-electron chi connectivity index (χ1n) is 4.65. The molecule has 1 aromatic carbocycles. The highest BCUT2D eigenvalue weighted by molar-refractivity contribution is 7.80. The van der Waals surface area contributed by atoms with Crippen LogP contribution in [0.2, 0.25) is 5.02 Å². The van der Waals surface area contributed by atoms with E-state index in [1.807, 2.05) is 6.07 Å². The molecule has 0 saturated carbocycles. The molecule has 0 aromatic heterocycles. The molecule has 5 heteroatoms. The molecular formula is C11H10ClNO2S. The molecule has 3 nitrogen and oxygen atoms in total. The normalized spacial score (nSPS) is 9.62. The fourth-order valence-electron chi connectivity index (χ4n) is 1.20. The molecule has 0 saturated heterocycles. The Balaban J connectivity index is 2.95. The fraction of sp³-hybridized carbons (Fsp3) is 0.273. The second-order valence-electron chi connectivity index (χ2n) is 3.05. The molecular weight excluding hydrogens is 246 g/mol. The summed E-state index contributed by atoms with van der Waals surface area (Å²) < 4.78 is 4.81. The maximum atomic E-state index is 11.3. The van der Waals surface area contributed by atoms with E-state index in [-0.39, 0.29) is 12.4 Å². The molecule has 1 rings (SSSR count). The Morgan fingerprint density at radius 2 is 2.31 bits per heavy atom. The van der Waals surface area contributed by atoms with Gasteiger partial charge in [0.25, 0.3) is 0 Å². The smallest absolute Gasteiger partial charge is 0.310 e. The second kappa shape index (κ2) is 5.78. The second-order valence-corrected chi connectivity index (χ2v) is 3.94. The molecule has 0 N–H and O–H groups in total. The fourth-order valence-corrected chi connectivity index (χ4v) is 1.70. The van der Waals surface area contributed by atoms with Crippen molar-refractivity contribution in [1.29, 1.82) is 5.26 Å². The Bertz CT molecular complexity index is 454. The third kappa shape index (κ3) is 3.16. The number of esters is 1. The Labute approximate surface area is 104 Å². The molecule has 1 aromatic rings. The molecule has 16 heavy (non-hydrogen) atoms. The molecule has 0 spiro atoms. The number of hydrogen-bond donors (Lipinski definition) is 1. The van der Waals surface area contributed by atoms with Crippen molar-refractivity contribution in [3.63, 3.8) is 0 Å². The zero-order valence-electron chi connectivity index (χ0n) is 8.66. The van der Waals surface area contributed by atoms with Crippen LogP contribution in [0.25, 0.3) is 0 Å². The van der Waals surface area contributed by atoms with Crippen LogP contribution in [0.4, 0.5) is 0 Å². The highest BCUT2D eigenvalue weighted by Gasteiger charge is 2.10. The topological polar surface area (TPSA) is 50.1 Å². The molecule has 0 heterocycles. The molecule has 0 amide bonds. The summed E-state index contributed by atoms with van der Waals surface area (Å²) in [5.41, 5.74) is 1.00. The number of rotatable bonds is 3. The molecule has 0 aliphatic carbocycles. The largest absolute Gasteiger partial charge is 0.466 e. The molecule has 0 atom stereocenters. The Kier molecular flexibility index (Phi) is 4.66. The van der Waals surface area contributed by atoms with Gasteiger partial charge in [-0.1, -0.05) is 11.6 Å². The zero-order valence-corrected chi connectivity index (χ0v) is 10.3. The number of ether oxygens (including phenoxy) is 1. The molecule has 0 fully saturated rings. The molecule has 0 unspecified atom stereocenters. The van der Waals surface area contributed by atoms with E-state index in [9.17, 15) is 4.79 Å². The number of carbonyl (C=O) groups excluding carboxylic acids is 1. The van der Waals surface area contributed by atoms with Gasteiger partial charge in [0.15, 0.2) is 0 Å².